The van der Waals surface area contributed by atoms with Crippen molar-refractivity contribution in [1.82, 2.24) is 5.32 Å². The molecular formula is C5H7NO2. The minimum atomic E-state index is 0.583. The molecule has 0 unspecified atom stereocenters. The fourth-order valence-electron chi connectivity index (χ4n) is 0.555. The summed E-state index contributed by atoms with van der Waals surface area (Å²) in [6.07, 6.45) is 2.07. The normalized spacial score (nSPS) is 22.2. The van der Waals surface area contributed by atoms with Crippen molar-refractivity contribution < 1.29 is 9.53 Å². The molecule has 0 atom stereocenters. The van der Waals surface area contributed by atoms with E-state index in [-0.39, 0.29) is 0 Å². The molecule has 1 aliphatic heterocycles. The maximum Gasteiger partial charge on any atom is 0.190 e. The van der Waals surface area contributed by atoms with Gasteiger partial charge in [-0.3, -0.25) is 4.79 Å². The van der Waals surface area contributed by atoms with E-state index in [1.165, 1.54) is 6.08 Å². The van der Waals surface area contributed by atoms with Gasteiger partial charge in [0.1, 0.15) is 12.9 Å². The summed E-state index contributed by atoms with van der Waals surface area (Å²) in [5, 5.41) is 2.87. The van der Waals surface area contributed by atoms with Crippen LogP contribution in [-0.2, 0) is 9.53 Å². The van der Waals surface area contributed by atoms with Gasteiger partial charge in [0.2, 0.25) is 0 Å². The van der Waals surface area contributed by atoms with E-state index in [9.17, 15) is 4.79 Å². The second-order valence-corrected chi connectivity index (χ2v) is 1.44. The average Bonchev–Trinajstić information content (AvgIpc) is 2.19. The maximum atomic E-state index is 9.76. The molecule has 1 N–H and O–H groups in total. The number of carbonyl (C=O) groups is 1. The van der Waals surface area contributed by atoms with Crippen molar-refractivity contribution in [2.45, 2.75) is 0 Å². The van der Waals surface area contributed by atoms with E-state index in [0.717, 1.165) is 6.54 Å². The minimum Gasteiger partial charge on any atom is -0.477 e. The molecule has 1 heterocycles. The van der Waals surface area contributed by atoms with E-state index in [1.807, 2.05) is 0 Å². The highest BCUT2D eigenvalue weighted by Gasteiger charge is 2.02. The van der Waals surface area contributed by atoms with Gasteiger partial charge in [-0.15, -0.1) is 0 Å². The predicted molar refractivity (Wildman–Crippen MR) is 28.1 cm³/mol. The largest absolute Gasteiger partial charge is 0.477 e. The highest BCUT2D eigenvalue weighted by atomic mass is 16.5. The zero-order valence-corrected chi connectivity index (χ0v) is 4.39. The Hall–Kier alpha value is -0.990. The Morgan fingerprint density at radius 1 is 1.75 bits per heavy atom. The second kappa shape index (κ2) is 2.35. The molecule has 1 saturated heterocycles. The molecule has 0 radical (unpaired) electrons. The summed E-state index contributed by atoms with van der Waals surface area (Å²) >= 11 is 0. The van der Waals surface area contributed by atoms with Crippen LogP contribution in [0.3, 0.4) is 0 Å². The fraction of sp³-hybridized carbons (Fsp3) is 0.400. The van der Waals surface area contributed by atoms with Crippen molar-refractivity contribution >= 4 is 6.29 Å². The number of hydrogen-bond acceptors (Lipinski definition) is 3. The molecule has 44 valence electrons. The van der Waals surface area contributed by atoms with Crippen LogP contribution >= 0.6 is 0 Å². The topological polar surface area (TPSA) is 38.3 Å². The van der Waals surface area contributed by atoms with Crippen molar-refractivity contribution in [2.75, 3.05) is 13.2 Å². The molecule has 1 fully saturated rings. The smallest absolute Gasteiger partial charge is 0.190 e. The highest BCUT2D eigenvalue weighted by molar-refractivity contribution is 5.65. The molecule has 0 aromatic rings. The van der Waals surface area contributed by atoms with E-state index in [1.54, 1.807) is 0 Å². The molecule has 1 aliphatic rings. The third-order valence-electron chi connectivity index (χ3n) is 0.878. The van der Waals surface area contributed by atoms with Gasteiger partial charge >= 0.3 is 0 Å². The Morgan fingerprint density at radius 2 is 2.62 bits per heavy atom. The SMILES string of the molecule is O=C/C=C1/NCCO1. The van der Waals surface area contributed by atoms with Crippen molar-refractivity contribution in [3.05, 3.63) is 12.0 Å². The third kappa shape index (κ3) is 0.992. The van der Waals surface area contributed by atoms with E-state index in [2.05, 4.69) is 5.32 Å². The Labute approximate surface area is 47.3 Å². The number of carbonyl (C=O) groups excluding carboxylic acids is 1. The Balaban J connectivity index is 2.44. The molecule has 3 heteroatoms. The first kappa shape index (κ1) is 5.15. The number of ether oxygens (including phenoxy) is 1. The standard InChI is InChI=1S/C5H7NO2/c7-3-1-5-6-2-4-8-5/h1,3,6H,2,4H2/b5-1-. The Bertz CT molecular complexity index is 112. The number of hydrogen-bond donors (Lipinski definition) is 1. The first-order valence-corrected chi connectivity index (χ1v) is 2.45. The first-order valence-electron chi connectivity index (χ1n) is 2.45. The Morgan fingerprint density at radius 3 is 3.12 bits per heavy atom. The van der Waals surface area contributed by atoms with Gasteiger partial charge in [-0.1, -0.05) is 0 Å². The van der Waals surface area contributed by atoms with Crippen LogP contribution in [0.15, 0.2) is 12.0 Å². The molecule has 0 aromatic carbocycles. The highest BCUT2D eigenvalue weighted by Crippen LogP contribution is 1.95. The molecule has 0 spiro atoms. The lowest BCUT2D eigenvalue weighted by atomic mass is 10.6. The summed E-state index contributed by atoms with van der Waals surface area (Å²) in [7, 11) is 0. The summed E-state index contributed by atoms with van der Waals surface area (Å²) in [5.74, 6) is 0.583. The van der Waals surface area contributed by atoms with Crippen LogP contribution < -0.4 is 5.32 Å². The Kier molecular flexibility index (Phi) is 1.51. The summed E-state index contributed by atoms with van der Waals surface area (Å²) in [6.45, 7) is 1.47. The van der Waals surface area contributed by atoms with Crippen LogP contribution in [0.1, 0.15) is 0 Å². The van der Waals surface area contributed by atoms with Gasteiger partial charge in [0, 0.05) is 6.08 Å². The molecule has 0 aromatic heterocycles. The van der Waals surface area contributed by atoms with Crippen LogP contribution in [0.4, 0.5) is 0 Å². The van der Waals surface area contributed by atoms with Crippen molar-refractivity contribution in [1.29, 1.82) is 0 Å². The van der Waals surface area contributed by atoms with Crippen molar-refractivity contribution in [2.24, 2.45) is 0 Å². The van der Waals surface area contributed by atoms with Crippen LogP contribution in [0.25, 0.3) is 0 Å². The van der Waals surface area contributed by atoms with Gasteiger partial charge in [0.15, 0.2) is 5.88 Å². The third-order valence-corrected chi connectivity index (χ3v) is 0.878. The molecule has 3 nitrogen and oxygen atoms in total. The molecule has 1 rings (SSSR count). The molecule has 0 amide bonds. The fourth-order valence-corrected chi connectivity index (χ4v) is 0.555. The van der Waals surface area contributed by atoms with E-state index in [0.29, 0.717) is 18.8 Å². The number of allylic oxidation sites excluding steroid dienone is 1. The molecule has 0 saturated carbocycles. The first-order chi connectivity index (χ1) is 3.93. The number of nitrogens with one attached hydrogen (secondary N) is 1. The van der Waals surface area contributed by atoms with Gasteiger partial charge in [0.25, 0.3) is 0 Å². The van der Waals surface area contributed by atoms with Gasteiger partial charge in [0.05, 0.1) is 6.54 Å². The average molecular weight is 113 g/mol. The second-order valence-electron chi connectivity index (χ2n) is 1.44. The summed E-state index contributed by atoms with van der Waals surface area (Å²) in [6, 6.07) is 0. The summed E-state index contributed by atoms with van der Waals surface area (Å²) < 4.78 is 4.91. The van der Waals surface area contributed by atoms with E-state index >= 15 is 0 Å². The van der Waals surface area contributed by atoms with Crippen LogP contribution in [0.5, 0.6) is 0 Å². The van der Waals surface area contributed by atoms with Crippen molar-refractivity contribution in [3.8, 4) is 0 Å². The van der Waals surface area contributed by atoms with Gasteiger partial charge in [-0.2, -0.15) is 0 Å². The molecule has 0 bridgehead atoms. The lowest BCUT2D eigenvalue weighted by molar-refractivity contribution is -0.104. The number of aldehydes is 1. The minimum absolute atomic E-state index is 0.583. The summed E-state index contributed by atoms with van der Waals surface area (Å²) in [4.78, 5) is 9.76. The number of rotatable bonds is 1. The lowest BCUT2D eigenvalue weighted by Gasteiger charge is -1.91. The molecular weight excluding hydrogens is 106 g/mol. The quantitative estimate of drug-likeness (QED) is 0.373. The van der Waals surface area contributed by atoms with Gasteiger partial charge in [-0.25, -0.2) is 0 Å². The molecule has 0 aliphatic carbocycles. The van der Waals surface area contributed by atoms with Gasteiger partial charge in [-0.05, 0) is 0 Å². The summed E-state index contributed by atoms with van der Waals surface area (Å²) in [5.41, 5.74) is 0. The lowest BCUT2D eigenvalue weighted by Crippen LogP contribution is -2.04. The monoisotopic (exact) mass is 113 g/mol. The van der Waals surface area contributed by atoms with E-state index < -0.39 is 0 Å². The predicted octanol–water partition coefficient (Wildman–Crippen LogP) is -0.354. The van der Waals surface area contributed by atoms with E-state index in [4.69, 9.17) is 4.74 Å². The van der Waals surface area contributed by atoms with Crippen LogP contribution in [0, 0.1) is 0 Å². The zero-order valence-electron chi connectivity index (χ0n) is 4.39. The molecule has 8 heavy (non-hydrogen) atoms. The van der Waals surface area contributed by atoms with Crippen molar-refractivity contribution in [3.63, 3.8) is 0 Å². The van der Waals surface area contributed by atoms with Gasteiger partial charge < -0.3 is 10.1 Å². The van der Waals surface area contributed by atoms with Crippen LogP contribution in [-0.4, -0.2) is 19.4 Å². The zero-order chi connectivity index (χ0) is 5.82. The van der Waals surface area contributed by atoms with Crippen LogP contribution in [0.2, 0.25) is 0 Å². The maximum absolute atomic E-state index is 9.76.